The van der Waals surface area contributed by atoms with Crippen LogP contribution in [0.15, 0.2) is 12.7 Å². The fraction of sp³-hybridized carbons (Fsp3) is 0.938. The molecule has 0 spiro atoms. The second-order valence-electron chi connectivity index (χ2n) is 15.2. The van der Waals surface area contributed by atoms with Crippen molar-refractivity contribution in [1.82, 2.24) is 0 Å². The van der Waals surface area contributed by atoms with Gasteiger partial charge in [0.15, 0.2) is 0 Å². The van der Waals surface area contributed by atoms with Crippen molar-refractivity contribution in [2.45, 2.75) is 126 Å². The van der Waals surface area contributed by atoms with Gasteiger partial charge in [-0.3, -0.25) is 0 Å². The van der Waals surface area contributed by atoms with Crippen LogP contribution >= 0.6 is 0 Å². The Balaban J connectivity index is 1.72. The van der Waals surface area contributed by atoms with Gasteiger partial charge >= 0.3 is 0 Å². The average Bonchev–Trinajstić information content (AvgIpc) is 3.36. The minimum atomic E-state index is 0.474. The Hall–Kier alpha value is -0.260. The predicted molar refractivity (Wildman–Crippen MR) is 141 cm³/mol. The molecule has 0 heteroatoms. The van der Waals surface area contributed by atoms with Crippen LogP contribution in [0.4, 0.5) is 0 Å². The van der Waals surface area contributed by atoms with Crippen molar-refractivity contribution in [3.63, 3.8) is 0 Å². The van der Waals surface area contributed by atoms with E-state index in [1.807, 2.05) is 0 Å². The van der Waals surface area contributed by atoms with Crippen molar-refractivity contribution in [1.29, 1.82) is 0 Å². The van der Waals surface area contributed by atoms with E-state index in [0.717, 1.165) is 47.3 Å². The third-order valence-corrected chi connectivity index (χ3v) is 11.8. The van der Waals surface area contributed by atoms with E-state index < -0.39 is 0 Å². The monoisotopic (exact) mass is 440 g/mol. The van der Waals surface area contributed by atoms with E-state index in [4.69, 9.17) is 0 Å². The zero-order valence-corrected chi connectivity index (χ0v) is 22.9. The molecule has 4 rings (SSSR count). The topological polar surface area (TPSA) is 0 Å². The van der Waals surface area contributed by atoms with Crippen LogP contribution in [0.3, 0.4) is 0 Å². The first-order chi connectivity index (χ1) is 15.0. The van der Waals surface area contributed by atoms with Crippen LogP contribution in [0.5, 0.6) is 0 Å². The van der Waals surface area contributed by atoms with Crippen molar-refractivity contribution in [3.8, 4) is 0 Å². The lowest BCUT2D eigenvalue weighted by molar-refractivity contribution is -0.0176. The fourth-order valence-electron chi connectivity index (χ4n) is 9.86. The summed E-state index contributed by atoms with van der Waals surface area (Å²) in [4.78, 5) is 0. The van der Waals surface area contributed by atoms with Crippen LogP contribution < -0.4 is 0 Å². The van der Waals surface area contributed by atoms with Gasteiger partial charge < -0.3 is 0 Å². The minimum absolute atomic E-state index is 0.474. The molecule has 184 valence electrons. The lowest BCUT2D eigenvalue weighted by Gasteiger charge is -2.51. The lowest BCUT2D eigenvalue weighted by atomic mass is 9.54. The van der Waals surface area contributed by atoms with Gasteiger partial charge in [-0.15, -0.1) is 6.58 Å². The number of rotatable bonds is 5. The van der Waals surface area contributed by atoms with Crippen LogP contribution in [0.25, 0.3) is 0 Å². The number of allylic oxidation sites excluding steroid dienone is 1. The summed E-state index contributed by atoms with van der Waals surface area (Å²) in [6.07, 6.45) is 20.0. The number of hydrogen-bond donors (Lipinski definition) is 0. The molecule has 4 aliphatic rings. The van der Waals surface area contributed by atoms with E-state index in [1.54, 1.807) is 0 Å². The second-order valence-corrected chi connectivity index (χ2v) is 15.2. The van der Waals surface area contributed by atoms with Gasteiger partial charge in [-0.1, -0.05) is 67.4 Å². The highest BCUT2D eigenvalue weighted by Gasteiger charge is 2.60. The highest BCUT2D eigenvalue weighted by atomic mass is 14.7. The molecular weight excluding hydrogens is 384 g/mol. The van der Waals surface area contributed by atoms with Crippen molar-refractivity contribution in [2.75, 3.05) is 0 Å². The second kappa shape index (κ2) is 9.07. The highest BCUT2D eigenvalue weighted by Crippen LogP contribution is 2.68. The smallest absolute Gasteiger partial charge is 0.0261 e. The summed E-state index contributed by atoms with van der Waals surface area (Å²) in [5.74, 6) is 7.86. The first kappa shape index (κ1) is 24.9. The van der Waals surface area contributed by atoms with E-state index in [1.165, 1.54) is 77.0 Å². The van der Waals surface area contributed by atoms with Gasteiger partial charge in [0, 0.05) is 0 Å². The Morgan fingerprint density at radius 1 is 0.625 bits per heavy atom. The normalized spacial score (nSPS) is 40.5. The Bertz CT molecular complexity index is 600. The van der Waals surface area contributed by atoms with E-state index >= 15 is 0 Å². The van der Waals surface area contributed by atoms with Crippen molar-refractivity contribution < 1.29 is 0 Å². The standard InChI is InChI=1S/C32H56/c1-9-10-19-32(8,22-13-11-12-14-22)29-27-20-23(30(2,3)4)15-17-25(27)26-18-16-24(21-28(26)29)31(5,6)7/h9,22-29H,1,10-21H2,2-8H3. The third kappa shape index (κ3) is 4.52. The van der Waals surface area contributed by atoms with Crippen LogP contribution in [0.1, 0.15) is 126 Å². The van der Waals surface area contributed by atoms with Crippen LogP contribution in [0, 0.1) is 63.6 Å². The van der Waals surface area contributed by atoms with Gasteiger partial charge in [0.1, 0.15) is 0 Å². The zero-order chi connectivity index (χ0) is 23.3. The molecule has 0 heterocycles. The molecule has 0 N–H and O–H groups in total. The molecule has 0 aromatic rings. The van der Waals surface area contributed by atoms with Gasteiger partial charge in [-0.25, -0.2) is 0 Å². The fourth-order valence-corrected chi connectivity index (χ4v) is 9.86. The van der Waals surface area contributed by atoms with Gasteiger partial charge in [-0.05, 0) is 128 Å². The summed E-state index contributed by atoms with van der Waals surface area (Å²) in [5, 5.41) is 0. The minimum Gasteiger partial charge on any atom is -0.103 e. The Morgan fingerprint density at radius 3 is 1.50 bits per heavy atom. The largest absolute Gasteiger partial charge is 0.103 e. The summed E-state index contributed by atoms with van der Waals surface area (Å²) in [6, 6.07) is 0. The molecule has 0 aromatic heterocycles. The van der Waals surface area contributed by atoms with Crippen molar-refractivity contribution in [3.05, 3.63) is 12.7 Å². The Labute approximate surface area is 201 Å². The van der Waals surface area contributed by atoms with Gasteiger partial charge in [0.25, 0.3) is 0 Å². The molecule has 0 aliphatic heterocycles. The summed E-state index contributed by atoms with van der Waals surface area (Å²) >= 11 is 0. The third-order valence-electron chi connectivity index (χ3n) is 11.8. The number of fused-ring (bicyclic) bond motifs is 3. The van der Waals surface area contributed by atoms with Gasteiger partial charge in [-0.2, -0.15) is 0 Å². The lowest BCUT2D eigenvalue weighted by Crippen LogP contribution is -2.43. The zero-order valence-electron chi connectivity index (χ0n) is 22.9. The quantitative estimate of drug-likeness (QED) is 0.373. The molecular formula is C32H56. The molecule has 0 radical (unpaired) electrons. The van der Waals surface area contributed by atoms with E-state index in [0.29, 0.717) is 16.2 Å². The maximum Gasteiger partial charge on any atom is -0.0261 e. The molecule has 32 heavy (non-hydrogen) atoms. The molecule has 0 aromatic carbocycles. The van der Waals surface area contributed by atoms with E-state index in [9.17, 15) is 0 Å². The molecule has 0 nitrogen and oxygen atoms in total. The van der Waals surface area contributed by atoms with E-state index in [2.05, 4.69) is 61.1 Å². The van der Waals surface area contributed by atoms with Gasteiger partial charge in [0.2, 0.25) is 0 Å². The SMILES string of the molecule is C=CCCC(C)(C1CCCC1)C1C2CC(C(C)(C)C)CCC2C2CCC(C(C)(C)C)CC21. The summed E-state index contributed by atoms with van der Waals surface area (Å²) in [7, 11) is 0. The Kier molecular flexibility index (Phi) is 7.05. The molecule has 0 bridgehead atoms. The van der Waals surface area contributed by atoms with Crippen LogP contribution in [-0.4, -0.2) is 0 Å². The van der Waals surface area contributed by atoms with Crippen molar-refractivity contribution in [2.24, 2.45) is 63.6 Å². The molecule has 0 amide bonds. The van der Waals surface area contributed by atoms with E-state index in [-0.39, 0.29) is 0 Å². The maximum absolute atomic E-state index is 4.17. The first-order valence-corrected chi connectivity index (χ1v) is 14.6. The van der Waals surface area contributed by atoms with Gasteiger partial charge in [0.05, 0.1) is 0 Å². The molecule has 0 saturated heterocycles. The number of hydrogen-bond acceptors (Lipinski definition) is 0. The molecule has 4 aliphatic carbocycles. The highest BCUT2D eigenvalue weighted by molar-refractivity contribution is 5.09. The van der Waals surface area contributed by atoms with Crippen LogP contribution in [0.2, 0.25) is 0 Å². The summed E-state index contributed by atoms with van der Waals surface area (Å²) in [5.41, 5.74) is 1.48. The summed E-state index contributed by atoms with van der Waals surface area (Å²) < 4.78 is 0. The molecule has 4 fully saturated rings. The maximum atomic E-state index is 4.17. The molecule has 7 atom stereocenters. The van der Waals surface area contributed by atoms with Crippen LogP contribution in [-0.2, 0) is 0 Å². The average molecular weight is 441 g/mol. The molecule has 7 unspecified atom stereocenters. The first-order valence-electron chi connectivity index (χ1n) is 14.6. The summed E-state index contributed by atoms with van der Waals surface area (Å²) in [6.45, 7) is 22.1. The Morgan fingerprint density at radius 2 is 1.09 bits per heavy atom. The van der Waals surface area contributed by atoms with Crippen molar-refractivity contribution >= 4 is 0 Å². The molecule has 4 saturated carbocycles. The predicted octanol–water partition coefficient (Wildman–Crippen LogP) is 9.94.